The van der Waals surface area contributed by atoms with E-state index in [4.69, 9.17) is 40.5 Å². The van der Waals surface area contributed by atoms with E-state index in [1.54, 1.807) is 36.4 Å². The fraction of sp³-hybridized carbons (Fsp3) is 0.0714. The van der Waals surface area contributed by atoms with E-state index in [-0.39, 0.29) is 11.7 Å². The van der Waals surface area contributed by atoms with Crippen LogP contribution < -0.4 is 11.1 Å². The molecule has 0 aliphatic heterocycles. The van der Waals surface area contributed by atoms with Gasteiger partial charge in [0.05, 0.1) is 21.5 Å². The van der Waals surface area contributed by atoms with Gasteiger partial charge >= 0.3 is 0 Å². The Kier molecular flexibility index (Phi) is 5.65. The van der Waals surface area contributed by atoms with Crippen molar-refractivity contribution < 1.29 is 4.79 Å². The van der Waals surface area contributed by atoms with Crippen molar-refractivity contribution >= 4 is 63.8 Å². The Morgan fingerprint density at radius 2 is 1.81 bits per heavy atom. The standard InChI is InChI=1S/C14H11Cl3N2OS/c15-8-1-3-11(17)13(5-8)21-7-14(20)19-9-2-4-10(16)12(18)6-9/h1-6H,7,18H2,(H,19,20). The van der Waals surface area contributed by atoms with Gasteiger partial charge in [-0.05, 0) is 36.4 Å². The summed E-state index contributed by atoms with van der Waals surface area (Å²) < 4.78 is 0. The molecule has 0 radical (unpaired) electrons. The van der Waals surface area contributed by atoms with Crippen molar-refractivity contribution in [2.75, 3.05) is 16.8 Å². The van der Waals surface area contributed by atoms with E-state index < -0.39 is 0 Å². The van der Waals surface area contributed by atoms with Gasteiger partial charge in [0.25, 0.3) is 0 Å². The highest BCUT2D eigenvalue weighted by atomic mass is 35.5. The summed E-state index contributed by atoms with van der Waals surface area (Å²) in [4.78, 5) is 12.7. The number of nitrogens with two attached hydrogens (primary N) is 1. The molecule has 0 fully saturated rings. The van der Waals surface area contributed by atoms with E-state index in [2.05, 4.69) is 5.32 Å². The Labute approximate surface area is 141 Å². The zero-order valence-electron chi connectivity index (χ0n) is 10.7. The normalized spacial score (nSPS) is 10.4. The van der Waals surface area contributed by atoms with Gasteiger partial charge in [-0.1, -0.05) is 34.8 Å². The van der Waals surface area contributed by atoms with Gasteiger partial charge < -0.3 is 11.1 Å². The lowest BCUT2D eigenvalue weighted by molar-refractivity contribution is -0.113. The summed E-state index contributed by atoms with van der Waals surface area (Å²) in [5.41, 5.74) is 6.69. The second-order valence-electron chi connectivity index (χ2n) is 4.15. The third-order valence-electron chi connectivity index (χ3n) is 2.53. The zero-order valence-corrected chi connectivity index (χ0v) is 13.8. The lowest BCUT2D eigenvalue weighted by Gasteiger charge is -2.08. The molecule has 0 atom stereocenters. The summed E-state index contributed by atoms with van der Waals surface area (Å²) >= 11 is 19.1. The first-order valence-corrected chi connectivity index (χ1v) is 8.00. The van der Waals surface area contributed by atoms with Crippen LogP contribution >= 0.6 is 46.6 Å². The zero-order chi connectivity index (χ0) is 15.4. The van der Waals surface area contributed by atoms with E-state index in [1.807, 2.05) is 0 Å². The minimum Gasteiger partial charge on any atom is -0.397 e. The smallest absolute Gasteiger partial charge is 0.234 e. The molecule has 1 amide bonds. The Morgan fingerprint density at radius 3 is 2.52 bits per heavy atom. The highest BCUT2D eigenvalue weighted by molar-refractivity contribution is 8.00. The van der Waals surface area contributed by atoms with E-state index in [1.165, 1.54) is 11.8 Å². The monoisotopic (exact) mass is 360 g/mol. The topological polar surface area (TPSA) is 55.1 Å². The Morgan fingerprint density at radius 1 is 1.10 bits per heavy atom. The summed E-state index contributed by atoms with van der Waals surface area (Å²) in [6.07, 6.45) is 0. The van der Waals surface area contributed by atoms with E-state index in [0.29, 0.717) is 26.4 Å². The van der Waals surface area contributed by atoms with Gasteiger partial charge in [0, 0.05) is 15.6 Å². The number of amides is 1. The highest BCUT2D eigenvalue weighted by Gasteiger charge is 2.08. The van der Waals surface area contributed by atoms with Crippen molar-refractivity contribution in [3.63, 3.8) is 0 Å². The third kappa shape index (κ3) is 4.71. The number of anilines is 2. The molecule has 0 heterocycles. The Bertz CT molecular complexity index is 679. The van der Waals surface area contributed by atoms with Crippen LogP contribution in [0.15, 0.2) is 41.3 Å². The summed E-state index contributed by atoms with van der Waals surface area (Å²) in [6.45, 7) is 0. The van der Waals surface area contributed by atoms with Gasteiger partial charge in [-0.3, -0.25) is 4.79 Å². The van der Waals surface area contributed by atoms with Gasteiger partial charge in [-0.2, -0.15) is 0 Å². The number of carbonyl (C=O) groups is 1. The highest BCUT2D eigenvalue weighted by Crippen LogP contribution is 2.30. The molecule has 2 aromatic rings. The summed E-state index contributed by atoms with van der Waals surface area (Å²) in [5, 5.41) is 4.33. The first kappa shape index (κ1) is 16.3. The van der Waals surface area contributed by atoms with Crippen LogP contribution in [0, 0.1) is 0 Å². The van der Waals surface area contributed by atoms with E-state index in [0.717, 1.165) is 4.90 Å². The Hall–Kier alpha value is -1.07. The van der Waals surface area contributed by atoms with Crippen LogP contribution in [0.1, 0.15) is 0 Å². The molecule has 0 bridgehead atoms. The number of rotatable bonds is 4. The fourth-order valence-electron chi connectivity index (χ4n) is 1.55. The van der Waals surface area contributed by atoms with E-state index in [9.17, 15) is 4.79 Å². The molecule has 0 aromatic heterocycles. The third-order valence-corrected chi connectivity index (χ3v) is 4.61. The number of thioether (sulfide) groups is 1. The maximum Gasteiger partial charge on any atom is 0.234 e. The van der Waals surface area contributed by atoms with Crippen LogP contribution in [-0.2, 0) is 4.79 Å². The van der Waals surface area contributed by atoms with Crippen LogP contribution in [0.2, 0.25) is 15.1 Å². The number of carbonyl (C=O) groups excluding carboxylic acids is 1. The number of nitrogens with one attached hydrogen (secondary N) is 1. The predicted octanol–water partition coefficient (Wildman–Crippen LogP) is 4.96. The number of hydrogen-bond donors (Lipinski definition) is 2. The van der Waals surface area contributed by atoms with Crippen LogP contribution in [0.25, 0.3) is 0 Å². The molecule has 2 rings (SSSR count). The molecule has 21 heavy (non-hydrogen) atoms. The average molecular weight is 362 g/mol. The summed E-state index contributed by atoms with van der Waals surface area (Å²) in [6, 6.07) is 10.1. The van der Waals surface area contributed by atoms with Gasteiger partial charge in [0.1, 0.15) is 0 Å². The number of benzene rings is 2. The molecule has 7 heteroatoms. The van der Waals surface area contributed by atoms with Crippen molar-refractivity contribution in [3.05, 3.63) is 51.5 Å². The minimum absolute atomic E-state index is 0.169. The van der Waals surface area contributed by atoms with Gasteiger partial charge in [0.15, 0.2) is 0 Å². The van der Waals surface area contributed by atoms with Crippen LogP contribution in [-0.4, -0.2) is 11.7 Å². The van der Waals surface area contributed by atoms with Crippen LogP contribution in [0.3, 0.4) is 0 Å². The maximum absolute atomic E-state index is 11.9. The molecule has 0 saturated heterocycles. The minimum atomic E-state index is -0.169. The van der Waals surface area contributed by atoms with Gasteiger partial charge in [0.2, 0.25) is 5.91 Å². The number of halogens is 3. The summed E-state index contributed by atoms with van der Waals surface area (Å²) in [7, 11) is 0. The SMILES string of the molecule is Nc1cc(NC(=O)CSc2cc(Cl)ccc2Cl)ccc1Cl. The predicted molar refractivity (Wildman–Crippen MR) is 91.7 cm³/mol. The number of hydrogen-bond acceptors (Lipinski definition) is 3. The molecule has 0 saturated carbocycles. The van der Waals surface area contributed by atoms with Crippen LogP contribution in [0.4, 0.5) is 11.4 Å². The molecular weight excluding hydrogens is 351 g/mol. The molecule has 0 spiro atoms. The van der Waals surface area contributed by atoms with Crippen molar-refractivity contribution in [1.82, 2.24) is 0 Å². The van der Waals surface area contributed by atoms with Crippen molar-refractivity contribution in [2.24, 2.45) is 0 Å². The molecule has 3 N–H and O–H groups in total. The fourth-order valence-corrected chi connectivity index (χ4v) is 2.96. The van der Waals surface area contributed by atoms with Gasteiger partial charge in [-0.15, -0.1) is 11.8 Å². The lowest BCUT2D eigenvalue weighted by Crippen LogP contribution is -2.14. The summed E-state index contributed by atoms with van der Waals surface area (Å²) in [5.74, 6) is 0.0422. The largest absolute Gasteiger partial charge is 0.397 e. The average Bonchev–Trinajstić information content (AvgIpc) is 2.44. The molecule has 2 aromatic carbocycles. The first-order valence-electron chi connectivity index (χ1n) is 5.88. The van der Waals surface area contributed by atoms with Crippen molar-refractivity contribution in [3.8, 4) is 0 Å². The van der Waals surface area contributed by atoms with Crippen molar-refractivity contribution in [1.29, 1.82) is 0 Å². The lowest BCUT2D eigenvalue weighted by atomic mass is 10.3. The molecule has 0 unspecified atom stereocenters. The molecule has 0 aliphatic rings. The van der Waals surface area contributed by atoms with Crippen LogP contribution in [0.5, 0.6) is 0 Å². The first-order chi connectivity index (χ1) is 9.95. The second-order valence-corrected chi connectivity index (χ2v) is 6.42. The molecule has 110 valence electrons. The second kappa shape index (κ2) is 7.27. The van der Waals surface area contributed by atoms with Gasteiger partial charge in [-0.25, -0.2) is 0 Å². The van der Waals surface area contributed by atoms with E-state index >= 15 is 0 Å². The number of nitrogen functional groups attached to an aromatic ring is 1. The molecule has 0 aliphatic carbocycles. The maximum atomic E-state index is 11.9. The van der Waals surface area contributed by atoms with Crippen molar-refractivity contribution in [2.45, 2.75) is 4.90 Å². The molecule has 3 nitrogen and oxygen atoms in total. The Balaban J connectivity index is 1.95. The quantitative estimate of drug-likeness (QED) is 0.598. The molecular formula is C14H11Cl3N2OS.